The van der Waals surface area contributed by atoms with Crippen LogP contribution in [0.2, 0.25) is 0 Å². The van der Waals surface area contributed by atoms with Gasteiger partial charge in [0.15, 0.2) is 0 Å². The van der Waals surface area contributed by atoms with Crippen molar-refractivity contribution in [2.24, 2.45) is 0 Å². The van der Waals surface area contributed by atoms with Gasteiger partial charge in [-0.2, -0.15) is 5.26 Å². The predicted molar refractivity (Wildman–Crippen MR) is 82.1 cm³/mol. The van der Waals surface area contributed by atoms with Crippen LogP contribution in [0.4, 0.5) is 0 Å². The zero-order valence-corrected chi connectivity index (χ0v) is 11.8. The molecule has 0 amide bonds. The van der Waals surface area contributed by atoms with Crippen molar-refractivity contribution in [2.75, 3.05) is 13.7 Å². The van der Waals surface area contributed by atoms with Gasteiger partial charge >= 0.3 is 0 Å². The summed E-state index contributed by atoms with van der Waals surface area (Å²) < 4.78 is 11.0. The number of nitriles is 1. The van der Waals surface area contributed by atoms with Gasteiger partial charge in [-0.05, 0) is 34.9 Å². The molecule has 0 spiro atoms. The van der Waals surface area contributed by atoms with Gasteiger partial charge in [0, 0.05) is 11.6 Å². The number of methoxy groups -OCH3 is 1. The number of hydrogen-bond donors (Lipinski definition) is 0. The van der Waals surface area contributed by atoms with Crippen LogP contribution in [0.25, 0.3) is 11.6 Å². The minimum absolute atomic E-state index is 0.406. The molecule has 1 heterocycles. The van der Waals surface area contributed by atoms with Gasteiger partial charge in [0.2, 0.25) is 0 Å². The highest BCUT2D eigenvalue weighted by Gasteiger charge is 2.15. The Kier molecular flexibility index (Phi) is 3.61. The van der Waals surface area contributed by atoms with E-state index in [0.717, 1.165) is 33.8 Å². The Balaban J connectivity index is 2.01. The molecule has 0 saturated heterocycles. The molecule has 21 heavy (non-hydrogen) atoms. The number of ether oxygens (including phenoxy) is 2. The zero-order chi connectivity index (χ0) is 14.7. The Morgan fingerprint density at radius 1 is 1.24 bits per heavy atom. The van der Waals surface area contributed by atoms with Crippen LogP contribution in [-0.2, 0) is 6.42 Å². The normalized spacial score (nSPS) is 12.7. The van der Waals surface area contributed by atoms with Crippen molar-refractivity contribution in [2.45, 2.75) is 6.42 Å². The second-order valence-electron chi connectivity index (χ2n) is 4.85. The summed E-state index contributed by atoms with van der Waals surface area (Å²) in [5.41, 5.74) is 4.25. The van der Waals surface area contributed by atoms with Crippen molar-refractivity contribution in [3.05, 3.63) is 59.2 Å². The van der Waals surface area contributed by atoms with Gasteiger partial charge in [-0.1, -0.05) is 24.3 Å². The number of benzene rings is 2. The Bertz CT molecular complexity index is 741. The molecule has 2 aromatic carbocycles. The van der Waals surface area contributed by atoms with E-state index < -0.39 is 0 Å². The number of rotatable bonds is 3. The molecule has 0 bridgehead atoms. The lowest BCUT2D eigenvalue weighted by molar-refractivity contribution is 0.359. The van der Waals surface area contributed by atoms with E-state index in [9.17, 15) is 0 Å². The molecule has 0 saturated carbocycles. The summed E-state index contributed by atoms with van der Waals surface area (Å²) in [4.78, 5) is 0. The first-order valence-electron chi connectivity index (χ1n) is 6.78. The maximum absolute atomic E-state index is 8.94. The maximum Gasteiger partial charge on any atom is 0.130 e. The van der Waals surface area contributed by atoms with Crippen LogP contribution in [0.5, 0.6) is 11.5 Å². The van der Waals surface area contributed by atoms with Crippen molar-refractivity contribution in [1.82, 2.24) is 0 Å². The largest absolute Gasteiger partial charge is 0.497 e. The third-order valence-electron chi connectivity index (χ3n) is 3.57. The molecule has 1 aliphatic heterocycles. The Morgan fingerprint density at radius 2 is 2.10 bits per heavy atom. The third-order valence-corrected chi connectivity index (χ3v) is 3.57. The van der Waals surface area contributed by atoms with Crippen molar-refractivity contribution in [3.8, 4) is 17.6 Å². The minimum atomic E-state index is 0.406. The van der Waals surface area contributed by atoms with Crippen LogP contribution >= 0.6 is 0 Å². The van der Waals surface area contributed by atoms with E-state index in [4.69, 9.17) is 14.7 Å². The fourth-order valence-electron chi connectivity index (χ4n) is 2.50. The van der Waals surface area contributed by atoms with Gasteiger partial charge in [-0.3, -0.25) is 0 Å². The number of nitrogens with zero attached hydrogens (tertiary/aromatic N) is 1. The first-order chi connectivity index (χ1) is 10.3. The van der Waals surface area contributed by atoms with E-state index in [1.54, 1.807) is 7.11 Å². The van der Waals surface area contributed by atoms with Crippen LogP contribution in [0.3, 0.4) is 0 Å². The van der Waals surface area contributed by atoms with Gasteiger partial charge in [-0.25, -0.2) is 0 Å². The Labute approximate surface area is 124 Å². The molecule has 0 fully saturated rings. The van der Waals surface area contributed by atoms with Crippen LogP contribution in [0.15, 0.2) is 42.5 Å². The van der Waals surface area contributed by atoms with Gasteiger partial charge < -0.3 is 9.47 Å². The topological polar surface area (TPSA) is 42.2 Å². The molecule has 0 radical (unpaired) electrons. The van der Waals surface area contributed by atoms with E-state index in [0.29, 0.717) is 13.0 Å². The van der Waals surface area contributed by atoms with Crippen molar-refractivity contribution in [3.63, 3.8) is 0 Å². The minimum Gasteiger partial charge on any atom is -0.497 e. The lowest BCUT2D eigenvalue weighted by Gasteiger charge is -2.20. The number of fused-ring (bicyclic) bond motifs is 1. The van der Waals surface area contributed by atoms with Crippen molar-refractivity contribution >= 4 is 11.6 Å². The molecule has 0 aromatic heterocycles. The summed E-state index contributed by atoms with van der Waals surface area (Å²) in [6.07, 6.45) is 2.53. The van der Waals surface area contributed by atoms with Gasteiger partial charge in [0.25, 0.3) is 0 Å². The molecule has 3 nitrogen and oxygen atoms in total. The lowest BCUT2D eigenvalue weighted by Crippen LogP contribution is -2.08. The van der Waals surface area contributed by atoms with Crippen molar-refractivity contribution < 1.29 is 9.47 Å². The van der Waals surface area contributed by atoms with Crippen LogP contribution in [0.1, 0.15) is 16.7 Å². The SMILES string of the molecule is COc1ccc2c(c1)OCC(c1ccccc1CC#N)=C2. The molecule has 0 unspecified atom stereocenters. The molecule has 0 aliphatic carbocycles. The summed E-state index contributed by atoms with van der Waals surface area (Å²) in [5.74, 6) is 1.62. The first-order valence-corrected chi connectivity index (χ1v) is 6.78. The summed E-state index contributed by atoms with van der Waals surface area (Å²) >= 11 is 0. The average molecular weight is 277 g/mol. The Hall–Kier alpha value is -2.73. The lowest BCUT2D eigenvalue weighted by atomic mass is 9.95. The quantitative estimate of drug-likeness (QED) is 0.859. The predicted octanol–water partition coefficient (Wildman–Crippen LogP) is 3.69. The molecular formula is C18H15NO2. The van der Waals surface area contributed by atoms with Gasteiger partial charge in [0.05, 0.1) is 19.6 Å². The van der Waals surface area contributed by atoms with Gasteiger partial charge in [0.1, 0.15) is 18.1 Å². The fraction of sp³-hybridized carbons (Fsp3) is 0.167. The highest BCUT2D eigenvalue weighted by Crippen LogP contribution is 2.34. The molecule has 0 N–H and O–H groups in total. The first kappa shape index (κ1) is 13.3. The second-order valence-corrected chi connectivity index (χ2v) is 4.85. The highest BCUT2D eigenvalue weighted by atomic mass is 16.5. The summed E-state index contributed by atoms with van der Waals surface area (Å²) in [7, 11) is 1.64. The van der Waals surface area contributed by atoms with Crippen LogP contribution in [0, 0.1) is 11.3 Å². The smallest absolute Gasteiger partial charge is 0.130 e. The highest BCUT2D eigenvalue weighted by molar-refractivity contribution is 5.86. The van der Waals surface area contributed by atoms with Crippen molar-refractivity contribution in [1.29, 1.82) is 5.26 Å². The summed E-state index contributed by atoms with van der Waals surface area (Å²) in [6, 6.07) is 16.0. The van der Waals surface area contributed by atoms with E-state index in [1.165, 1.54) is 0 Å². The third kappa shape index (κ3) is 2.61. The fourth-order valence-corrected chi connectivity index (χ4v) is 2.50. The molecule has 1 aliphatic rings. The van der Waals surface area contributed by atoms with E-state index >= 15 is 0 Å². The van der Waals surface area contributed by atoms with Crippen LogP contribution in [-0.4, -0.2) is 13.7 Å². The molecule has 0 atom stereocenters. The summed E-state index contributed by atoms with van der Waals surface area (Å²) in [6.45, 7) is 0.503. The standard InChI is InChI=1S/C18H15NO2/c1-20-16-7-6-14-10-15(12-21-18(14)11-16)17-5-3-2-4-13(17)8-9-19/h2-7,10-11H,8,12H2,1H3. The van der Waals surface area contributed by atoms with Crippen LogP contribution < -0.4 is 9.47 Å². The second kappa shape index (κ2) is 5.72. The molecule has 104 valence electrons. The number of hydrogen-bond acceptors (Lipinski definition) is 3. The van der Waals surface area contributed by atoms with Gasteiger partial charge in [-0.15, -0.1) is 0 Å². The molecular weight excluding hydrogens is 262 g/mol. The zero-order valence-electron chi connectivity index (χ0n) is 11.8. The van der Waals surface area contributed by atoms with E-state index in [1.807, 2.05) is 42.5 Å². The molecule has 3 rings (SSSR count). The molecule has 2 aromatic rings. The van der Waals surface area contributed by atoms with E-state index in [-0.39, 0.29) is 0 Å². The van der Waals surface area contributed by atoms with E-state index in [2.05, 4.69) is 12.1 Å². The summed E-state index contributed by atoms with van der Waals surface area (Å²) in [5, 5.41) is 8.94. The monoisotopic (exact) mass is 277 g/mol. The average Bonchev–Trinajstić information content (AvgIpc) is 2.55. The molecule has 3 heteroatoms. The Morgan fingerprint density at radius 3 is 2.90 bits per heavy atom. The maximum atomic E-state index is 8.94.